The topological polar surface area (TPSA) is 78.4 Å². The number of hydrogen-bond donors (Lipinski definition) is 3. The van der Waals surface area contributed by atoms with Gasteiger partial charge in [0.1, 0.15) is 11.9 Å². The first-order valence-corrected chi connectivity index (χ1v) is 5.21. The van der Waals surface area contributed by atoms with Gasteiger partial charge in [0.25, 0.3) is 0 Å². The van der Waals surface area contributed by atoms with Crippen LogP contribution in [0.1, 0.15) is 19.4 Å². The third-order valence-electron chi connectivity index (χ3n) is 2.80. The molecule has 0 aliphatic carbocycles. The molecule has 17 heavy (non-hydrogen) atoms. The molecule has 0 atom stereocenters. The van der Waals surface area contributed by atoms with Crippen LogP contribution in [-0.4, -0.2) is 24.1 Å². The van der Waals surface area contributed by atoms with Crippen molar-refractivity contribution in [2.75, 3.05) is 0 Å². The van der Waals surface area contributed by atoms with Gasteiger partial charge in [-0.25, -0.2) is 0 Å². The van der Waals surface area contributed by atoms with Gasteiger partial charge in [0, 0.05) is 5.41 Å². The van der Waals surface area contributed by atoms with Crippen LogP contribution in [0.2, 0.25) is 0 Å². The highest BCUT2D eigenvalue weighted by Gasteiger charge is 2.30. The van der Waals surface area contributed by atoms with Gasteiger partial charge in [0.15, 0.2) is 0 Å². The van der Waals surface area contributed by atoms with E-state index in [9.17, 15) is 14.7 Å². The van der Waals surface area contributed by atoms with Gasteiger partial charge < -0.3 is 15.7 Å². The molecule has 0 spiro atoms. The predicted molar refractivity (Wildman–Crippen MR) is 63.3 cm³/mol. The minimum absolute atomic E-state index is 0.174. The monoisotopic (exact) mass is 236 g/mol. The lowest BCUT2D eigenvalue weighted by Crippen LogP contribution is -2.53. The van der Waals surface area contributed by atoms with Gasteiger partial charge in [-0.2, -0.15) is 0 Å². The van der Waals surface area contributed by atoms with Crippen molar-refractivity contribution in [1.29, 1.82) is 0 Å². The maximum Gasteiger partial charge on any atom is 0.208 e. The summed E-state index contributed by atoms with van der Waals surface area (Å²) in [6.45, 7) is 3.77. The van der Waals surface area contributed by atoms with Crippen LogP contribution in [0.5, 0.6) is 5.75 Å². The summed E-state index contributed by atoms with van der Waals surface area (Å²) in [4.78, 5) is 21.0. The number of aromatic hydroxyl groups is 1. The van der Waals surface area contributed by atoms with Gasteiger partial charge in [-0.15, -0.1) is 0 Å². The van der Waals surface area contributed by atoms with Gasteiger partial charge in [-0.3, -0.25) is 9.59 Å². The number of amides is 2. The lowest BCUT2D eigenvalue weighted by Gasteiger charge is -2.33. The number of phenolic OH excluding ortho intramolecular Hbond substituents is 1. The fraction of sp³-hybridized carbons (Fsp3) is 0.333. The van der Waals surface area contributed by atoms with Gasteiger partial charge >= 0.3 is 0 Å². The number of rotatable bonds is 6. The summed E-state index contributed by atoms with van der Waals surface area (Å²) in [6, 6.07) is 6.63. The zero-order chi connectivity index (χ0) is 12.9. The first-order chi connectivity index (χ1) is 8.02. The van der Waals surface area contributed by atoms with E-state index in [1.165, 1.54) is 0 Å². The molecule has 0 fully saturated rings. The second-order valence-corrected chi connectivity index (χ2v) is 4.27. The van der Waals surface area contributed by atoms with Crippen molar-refractivity contribution in [2.24, 2.45) is 0 Å². The quantitative estimate of drug-likeness (QED) is 0.497. The van der Waals surface area contributed by atoms with Crippen LogP contribution in [-0.2, 0) is 15.0 Å². The molecule has 3 N–H and O–H groups in total. The van der Waals surface area contributed by atoms with Crippen molar-refractivity contribution in [1.82, 2.24) is 10.6 Å². The Morgan fingerprint density at radius 2 is 1.59 bits per heavy atom. The van der Waals surface area contributed by atoms with Crippen LogP contribution in [0.3, 0.4) is 0 Å². The van der Waals surface area contributed by atoms with Crippen LogP contribution in [0, 0.1) is 0 Å². The normalized spacial score (nSPS) is 11.0. The Hall–Kier alpha value is -2.04. The third kappa shape index (κ3) is 2.96. The summed E-state index contributed by atoms with van der Waals surface area (Å²) in [5.74, 6) is 0.174. The Bertz CT molecular complexity index is 377. The molecular weight excluding hydrogens is 220 g/mol. The molecule has 2 amide bonds. The maximum atomic E-state index is 10.5. The van der Waals surface area contributed by atoms with Crippen LogP contribution >= 0.6 is 0 Å². The number of hydrogen-bond acceptors (Lipinski definition) is 3. The molecule has 5 nitrogen and oxygen atoms in total. The molecule has 0 aromatic heterocycles. The molecule has 0 aliphatic heterocycles. The lowest BCUT2D eigenvalue weighted by atomic mass is 9.81. The molecule has 1 aromatic rings. The zero-order valence-corrected chi connectivity index (χ0v) is 9.81. The smallest absolute Gasteiger partial charge is 0.208 e. The highest BCUT2D eigenvalue weighted by Crippen LogP contribution is 2.27. The molecule has 1 aromatic carbocycles. The van der Waals surface area contributed by atoms with E-state index >= 15 is 0 Å². The van der Waals surface area contributed by atoms with Gasteiger partial charge in [0.2, 0.25) is 12.8 Å². The Balaban J connectivity index is 3.00. The Kier molecular flexibility index (Phi) is 4.09. The molecule has 0 saturated carbocycles. The number of benzene rings is 1. The minimum Gasteiger partial charge on any atom is -0.508 e. The molecule has 0 radical (unpaired) electrons. The van der Waals surface area contributed by atoms with E-state index in [-0.39, 0.29) is 5.75 Å². The summed E-state index contributed by atoms with van der Waals surface area (Å²) in [7, 11) is 0. The van der Waals surface area contributed by atoms with E-state index in [1.807, 2.05) is 13.8 Å². The molecule has 0 bridgehead atoms. The largest absolute Gasteiger partial charge is 0.508 e. The molecule has 1 rings (SSSR count). The molecule has 0 unspecified atom stereocenters. The lowest BCUT2D eigenvalue weighted by molar-refractivity contribution is -0.113. The average molecular weight is 236 g/mol. The summed E-state index contributed by atoms with van der Waals surface area (Å²) < 4.78 is 0. The molecular formula is C12H16N2O3. The zero-order valence-electron chi connectivity index (χ0n) is 9.81. The molecule has 92 valence electrons. The fourth-order valence-corrected chi connectivity index (χ4v) is 1.66. The molecule has 0 saturated heterocycles. The van der Waals surface area contributed by atoms with Crippen molar-refractivity contribution in [3.63, 3.8) is 0 Å². The van der Waals surface area contributed by atoms with Crippen molar-refractivity contribution in [2.45, 2.75) is 25.4 Å². The average Bonchev–Trinajstić information content (AvgIpc) is 2.29. The Morgan fingerprint density at radius 1 is 1.12 bits per heavy atom. The van der Waals surface area contributed by atoms with Crippen molar-refractivity contribution in [3.8, 4) is 5.75 Å². The highest BCUT2D eigenvalue weighted by atomic mass is 16.3. The number of carbonyl (C=O) groups is 2. The van der Waals surface area contributed by atoms with E-state index in [0.717, 1.165) is 5.56 Å². The summed E-state index contributed by atoms with van der Waals surface area (Å²) >= 11 is 0. The van der Waals surface area contributed by atoms with Crippen molar-refractivity contribution >= 4 is 12.8 Å². The SMILES string of the molecule is CC(C)(c1ccc(O)cc1)C(NC=O)NC=O. The van der Waals surface area contributed by atoms with Crippen LogP contribution in [0.15, 0.2) is 24.3 Å². The number of phenols is 1. The standard InChI is InChI=1S/C12H16N2O3/c1-12(2,11(13-7-15)14-8-16)9-3-5-10(17)6-4-9/h3-8,11,17H,1-2H3,(H,13,15)(H,14,16). The molecule has 0 aliphatic rings. The van der Waals surface area contributed by atoms with Gasteiger partial charge in [0.05, 0.1) is 0 Å². The van der Waals surface area contributed by atoms with E-state index < -0.39 is 11.6 Å². The van der Waals surface area contributed by atoms with Gasteiger partial charge in [-0.05, 0) is 17.7 Å². The molecule has 5 heteroatoms. The van der Waals surface area contributed by atoms with Crippen molar-refractivity contribution < 1.29 is 14.7 Å². The fourth-order valence-electron chi connectivity index (χ4n) is 1.66. The van der Waals surface area contributed by atoms with Crippen LogP contribution in [0.4, 0.5) is 0 Å². The van der Waals surface area contributed by atoms with E-state index in [0.29, 0.717) is 12.8 Å². The van der Waals surface area contributed by atoms with E-state index in [4.69, 9.17) is 0 Å². The summed E-state index contributed by atoms with van der Waals surface area (Å²) in [5, 5.41) is 14.3. The first-order valence-electron chi connectivity index (χ1n) is 5.21. The Morgan fingerprint density at radius 3 is 2.00 bits per heavy atom. The summed E-state index contributed by atoms with van der Waals surface area (Å²) in [6.07, 6.45) is 0.578. The maximum absolute atomic E-state index is 10.5. The minimum atomic E-state index is -0.512. The Labute approximate surface area is 99.8 Å². The van der Waals surface area contributed by atoms with Crippen LogP contribution in [0.25, 0.3) is 0 Å². The molecule has 0 heterocycles. The summed E-state index contributed by atoms with van der Waals surface area (Å²) in [5.41, 5.74) is 0.402. The van der Waals surface area contributed by atoms with E-state index in [1.54, 1.807) is 24.3 Å². The van der Waals surface area contributed by atoms with Gasteiger partial charge in [-0.1, -0.05) is 26.0 Å². The van der Waals surface area contributed by atoms with E-state index in [2.05, 4.69) is 10.6 Å². The highest BCUT2D eigenvalue weighted by molar-refractivity contribution is 5.52. The second-order valence-electron chi connectivity index (χ2n) is 4.27. The predicted octanol–water partition coefficient (Wildman–Crippen LogP) is 0.488. The number of nitrogens with one attached hydrogen (secondary N) is 2. The third-order valence-corrected chi connectivity index (χ3v) is 2.80. The first kappa shape index (κ1) is 13.0. The van der Waals surface area contributed by atoms with Crippen molar-refractivity contribution in [3.05, 3.63) is 29.8 Å². The van der Waals surface area contributed by atoms with Crippen LogP contribution < -0.4 is 10.6 Å². The number of carbonyl (C=O) groups excluding carboxylic acids is 2. The second kappa shape index (κ2) is 5.34.